The van der Waals surface area contributed by atoms with Crippen LogP contribution in [-0.4, -0.2) is 43.8 Å². The van der Waals surface area contributed by atoms with Crippen LogP contribution in [0.2, 0.25) is 4.34 Å². The van der Waals surface area contributed by atoms with Crippen LogP contribution in [0.4, 0.5) is 5.69 Å². The van der Waals surface area contributed by atoms with Crippen molar-refractivity contribution in [1.82, 2.24) is 4.31 Å². The Kier molecular flexibility index (Phi) is 5.64. The van der Waals surface area contributed by atoms with Gasteiger partial charge in [0.05, 0.1) is 35.4 Å². The summed E-state index contributed by atoms with van der Waals surface area (Å²) in [5, 5.41) is 11.0. The number of non-ortho nitro benzene ring substituents is 1. The smallest absolute Gasteiger partial charge is 0.269 e. The van der Waals surface area contributed by atoms with Gasteiger partial charge in [-0.05, 0) is 19.1 Å². The second-order valence-corrected chi connectivity index (χ2v) is 10.1. The van der Waals surface area contributed by atoms with Crippen LogP contribution in [0.25, 0.3) is 0 Å². The van der Waals surface area contributed by atoms with E-state index in [4.69, 9.17) is 11.6 Å². The molecule has 1 saturated heterocycles. The van der Waals surface area contributed by atoms with Gasteiger partial charge in [0, 0.05) is 17.7 Å². The van der Waals surface area contributed by atoms with E-state index in [9.17, 15) is 18.5 Å². The Balaban J connectivity index is 1.68. The predicted octanol–water partition coefficient (Wildman–Crippen LogP) is 1.96. The molecule has 7 nitrogen and oxygen atoms in total. The molecule has 1 fully saturated rings. The van der Waals surface area contributed by atoms with E-state index in [1.165, 1.54) is 21.3 Å². The third kappa shape index (κ3) is 3.91. The summed E-state index contributed by atoms with van der Waals surface area (Å²) in [5.74, 6) is 0. The maximum atomic E-state index is 12.7. The molecular weight excluding hydrogens is 398 g/mol. The number of piperazine rings is 1. The van der Waals surface area contributed by atoms with E-state index in [1.807, 2.05) is 13.0 Å². The minimum atomic E-state index is -3.51. The normalized spacial score (nSPS) is 17.9. The Labute approximate surface area is 161 Å². The quantitative estimate of drug-likeness (QED) is 0.596. The molecule has 10 heteroatoms. The zero-order valence-electron chi connectivity index (χ0n) is 14.1. The molecular formula is C16H19ClN3O4S2+. The van der Waals surface area contributed by atoms with Crippen molar-refractivity contribution in [3.63, 3.8) is 0 Å². The van der Waals surface area contributed by atoms with Crippen LogP contribution >= 0.6 is 22.9 Å². The summed E-state index contributed by atoms with van der Waals surface area (Å²) < 4.78 is 27.5. The lowest BCUT2D eigenvalue weighted by Crippen LogP contribution is -3.14. The van der Waals surface area contributed by atoms with E-state index in [-0.39, 0.29) is 15.9 Å². The molecule has 1 aliphatic rings. The second kappa shape index (κ2) is 7.61. The van der Waals surface area contributed by atoms with E-state index in [0.29, 0.717) is 30.5 Å². The maximum Gasteiger partial charge on any atom is 0.269 e. The van der Waals surface area contributed by atoms with Crippen molar-refractivity contribution in [2.75, 3.05) is 26.2 Å². The number of sulfonamides is 1. The molecule has 1 aromatic carbocycles. The number of nitro benzene ring substituents is 1. The largest absolute Gasteiger partial charge is 0.327 e. The highest BCUT2D eigenvalue weighted by Crippen LogP contribution is 2.28. The van der Waals surface area contributed by atoms with Crippen molar-refractivity contribution in [2.24, 2.45) is 0 Å². The number of benzene rings is 1. The van der Waals surface area contributed by atoms with E-state index in [0.717, 1.165) is 16.9 Å². The van der Waals surface area contributed by atoms with Gasteiger partial charge in [0.2, 0.25) is 0 Å². The molecule has 0 amide bonds. The first-order chi connectivity index (χ1) is 12.3. The second-order valence-electron chi connectivity index (χ2n) is 6.19. The molecule has 26 heavy (non-hydrogen) atoms. The number of nitro groups is 1. The maximum absolute atomic E-state index is 12.7. The van der Waals surface area contributed by atoms with Gasteiger partial charge < -0.3 is 4.90 Å². The monoisotopic (exact) mass is 416 g/mol. The van der Waals surface area contributed by atoms with Gasteiger partial charge in [0.25, 0.3) is 15.7 Å². The van der Waals surface area contributed by atoms with Gasteiger partial charge in [-0.15, -0.1) is 11.3 Å². The molecule has 0 spiro atoms. The number of hydrogen-bond acceptors (Lipinski definition) is 5. The van der Waals surface area contributed by atoms with Crippen molar-refractivity contribution < 1.29 is 18.2 Å². The third-order valence-electron chi connectivity index (χ3n) is 4.70. The predicted molar refractivity (Wildman–Crippen MR) is 100 cm³/mol. The van der Waals surface area contributed by atoms with Crippen LogP contribution in [-0.2, 0) is 10.0 Å². The number of thiophene rings is 1. The van der Waals surface area contributed by atoms with Crippen LogP contribution in [0.1, 0.15) is 18.5 Å². The highest BCUT2D eigenvalue weighted by Gasteiger charge is 2.33. The van der Waals surface area contributed by atoms with Gasteiger partial charge >= 0.3 is 0 Å². The zero-order chi connectivity index (χ0) is 18.9. The third-order valence-corrected chi connectivity index (χ3v) is 8.30. The number of nitrogens with zero attached hydrogens (tertiary/aromatic N) is 2. The lowest BCUT2D eigenvalue weighted by Gasteiger charge is -2.34. The minimum Gasteiger partial charge on any atom is -0.327 e. The molecule has 3 rings (SSSR count). The SMILES string of the molecule is C[C@H](c1cccc([N+](=O)[O-])c1)[NH+]1CCN(S(=O)(=O)c2ccc(Cl)s2)CC1. The van der Waals surface area contributed by atoms with Crippen LogP contribution < -0.4 is 4.90 Å². The van der Waals surface area contributed by atoms with Crippen molar-refractivity contribution in [3.8, 4) is 0 Å². The Bertz CT molecular complexity index is 908. The fraction of sp³-hybridized carbons (Fsp3) is 0.375. The first-order valence-corrected chi connectivity index (χ1v) is 10.8. The lowest BCUT2D eigenvalue weighted by molar-refractivity contribution is -0.933. The van der Waals surface area contributed by atoms with E-state index in [2.05, 4.69) is 0 Å². The molecule has 1 N–H and O–H groups in total. The number of hydrogen-bond donors (Lipinski definition) is 1. The standard InChI is InChI=1S/C16H18ClN3O4S2/c1-12(13-3-2-4-14(11-13)20(21)22)18-7-9-19(10-8-18)26(23,24)16-6-5-15(17)25-16/h2-6,11-12H,7-10H2,1H3/p+1/t12-/m1/s1. The van der Waals surface area contributed by atoms with Crippen molar-refractivity contribution in [1.29, 1.82) is 0 Å². The van der Waals surface area contributed by atoms with Crippen LogP contribution in [0.15, 0.2) is 40.6 Å². The summed E-state index contributed by atoms with van der Waals surface area (Å²) in [6, 6.07) is 9.80. The highest BCUT2D eigenvalue weighted by atomic mass is 35.5. The van der Waals surface area contributed by atoms with Crippen molar-refractivity contribution in [2.45, 2.75) is 17.2 Å². The lowest BCUT2D eigenvalue weighted by atomic mass is 10.1. The number of quaternary nitrogens is 1. The van der Waals surface area contributed by atoms with Gasteiger partial charge in [-0.25, -0.2) is 8.42 Å². The van der Waals surface area contributed by atoms with E-state index in [1.54, 1.807) is 18.2 Å². The molecule has 0 radical (unpaired) electrons. The summed E-state index contributed by atoms with van der Waals surface area (Å²) in [6.07, 6.45) is 0. The molecule has 0 bridgehead atoms. The van der Waals surface area contributed by atoms with Gasteiger partial charge in [-0.1, -0.05) is 23.7 Å². The summed E-state index contributed by atoms with van der Waals surface area (Å²) in [6.45, 7) is 4.11. The first kappa shape index (κ1) is 19.2. The van der Waals surface area contributed by atoms with Gasteiger partial charge in [0.1, 0.15) is 10.3 Å². The Morgan fingerprint density at radius 3 is 2.54 bits per heavy atom. The molecule has 0 aliphatic carbocycles. The zero-order valence-corrected chi connectivity index (χ0v) is 16.5. The summed E-state index contributed by atoms with van der Waals surface area (Å²) in [4.78, 5) is 11.8. The molecule has 2 aromatic rings. The Morgan fingerprint density at radius 2 is 1.96 bits per heavy atom. The molecule has 0 saturated carbocycles. The molecule has 1 aliphatic heterocycles. The summed E-state index contributed by atoms with van der Waals surface area (Å²) >= 11 is 6.92. The molecule has 0 unspecified atom stereocenters. The minimum absolute atomic E-state index is 0.0518. The fourth-order valence-electron chi connectivity index (χ4n) is 3.15. The van der Waals surface area contributed by atoms with E-state index >= 15 is 0 Å². The van der Waals surface area contributed by atoms with Crippen molar-refractivity contribution in [3.05, 3.63) is 56.4 Å². The summed E-state index contributed by atoms with van der Waals surface area (Å²) in [7, 11) is -3.51. The fourth-order valence-corrected chi connectivity index (χ4v) is 6.23. The first-order valence-electron chi connectivity index (χ1n) is 8.13. The van der Waals surface area contributed by atoms with Crippen LogP contribution in [0.3, 0.4) is 0 Å². The molecule has 2 heterocycles. The van der Waals surface area contributed by atoms with Gasteiger partial charge in [0.15, 0.2) is 0 Å². The van der Waals surface area contributed by atoms with Crippen LogP contribution in [0.5, 0.6) is 0 Å². The van der Waals surface area contributed by atoms with E-state index < -0.39 is 14.9 Å². The number of halogens is 1. The molecule has 140 valence electrons. The summed E-state index contributed by atoms with van der Waals surface area (Å²) in [5.41, 5.74) is 0.958. The Morgan fingerprint density at radius 1 is 1.27 bits per heavy atom. The molecule has 1 atom stereocenters. The average molecular weight is 417 g/mol. The number of rotatable bonds is 5. The topological polar surface area (TPSA) is 85.0 Å². The average Bonchev–Trinajstić information content (AvgIpc) is 3.08. The highest BCUT2D eigenvalue weighted by molar-refractivity contribution is 7.91. The molecule has 1 aromatic heterocycles. The van der Waals surface area contributed by atoms with Crippen molar-refractivity contribution >= 4 is 38.6 Å². The Hall–Kier alpha value is -1.52. The van der Waals surface area contributed by atoms with Gasteiger partial charge in [-0.3, -0.25) is 10.1 Å². The van der Waals surface area contributed by atoms with Gasteiger partial charge in [-0.2, -0.15) is 4.31 Å². The van der Waals surface area contributed by atoms with Crippen LogP contribution in [0, 0.1) is 10.1 Å². The number of nitrogens with one attached hydrogen (secondary N) is 1.